The minimum Gasteiger partial charge on any atom is -0.497 e. The highest BCUT2D eigenvalue weighted by molar-refractivity contribution is 6.01. The number of halogens is 2. The number of alkyl halides is 2. The third kappa shape index (κ3) is 2.90. The smallest absolute Gasteiger partial charge is 0.334 e. The first-order chi connectivity index (χ1) is 9.98. The van der Waals surface area contributed by atoms with Gasteiger partial charge in [-0.05, 0) is 36.4 Å². The Labute approximate surface area is 120 Å². The van der Waals surface area contributed by atoms with Crippen molar-refractivity contribution in [3.8, 4) is 11.8 Å². The number of methoxy groups -OCH3 is 1. The first kappa shape index (κ1) is 14.7. The Kier molecular flexibility index (Phi) is 3.99. The van der Waals surface area contributed by atoms with Crippen molar-refractivity contribution in [3.63, 3.8) is 0 Å². The summed E-state index contributed by atoms with van der Waals surface area (Å²) in [6.07, 6.45) is 0. The molecule has 0 aromatic heterocycles. The van der Waals surface area contributed by atoms with E-state index >= 15 is 0 Å². The van der Waals surface area contributed by atoms with Gasteiger partial charge >= 0.3 is 5.92 Å². The molecule has 106 valence electrons. The summed E-state index contributed by atoms with van der Waals surface area (Å²) in [4.78, 5) is 12.0. The van der Waals surface area contributed by atoms with Crippen LogP contribution in [0.25, 0.3) is 0 Å². The van der Waals surface area contributed by atoms with E-state index in [1.807, 2.05) is 6.07 Å². The van der Waals surface area contributed by atoms with Gasteiger partial charge in [0.05, 0.1) is 18.7 Å². The van der Waals surface area contributed by atoms with Gasteiger partial charge in [-0.2, -0.15) is 14.0 Å². The monoisotopic (exact) mass is 287 g/mol. The minimum absolute atomic E-state index is 0.106. The normalized spacial score (nSPS) is 10.8. The molecule has 2 rings (SSSR count). The largest absolute Gasteiger partial charge is 0.497 e. The van der Waals surface area contributed by atoms with E-state index in [1.165, 1.54) is 43.5 Å². The molecule has 2 aromatic rings. The molecule has 0 fully saturated rings. The van der Waals surface area contributed by atoms with E-state index in [2.05, 4.69) is 0 Å². The lowest BCUT2D eigenvalue weighted by Crippen LogP contribution is -2.26. The zero-order chi connectivity index (χ0) is 15.5. The summed E-state index contributed by atoms with van der Waals surface area (Å²) in [7, 11) is 1.45. The van der Waals surface area contributed by atoms with Crippen LogP contribution < -0.4 is 4.74 Å². The quantitative estimate of drug-likeness (QED) is 0.808. The highest BCUT2D eigenvalue weighted by atomic mass is 19.3. The van der Waals surface area contributed by atoms with Gasteiger partial charge in [0.2, 0.25) is 5.78 Å². The zero-order valence-electron chi connectivity index (χ0n) is 11.1. The van der Waals surface area contributed by atoms with Crippen LogP contribution in [0.15, 0.2) is 48.5 Å². The van der Waals surface area contributed by atoms with Crippen LogP contribution in [0.4, 0.5) is 8.78 Å². The Hall–Kier alpha value is -2.74. The fraction of sp³-hybridized carbons (Fsp3) is 0.125. The van der Waals surface area contributed by atoms with E-state index in [-0.39, 0.29) is 11.1 Å². The van der Waals surface area contributed by atoms with Gasteiger partial charge in [0.1, 0.15) is 5.75 Å². The third-order valence-corrected chi connectivity index (χ3v) is 3.01. The van der Waals surface area contributed by atoms with Gasteiger partial charge < -0.3 is 4.74 Å². The van der Waals surface area contributed by atoms with Crippen molar-refractivity contribution in [2.24, 2.45) is 0 Å². The van der Waals surface area contributed by atoms with Gasteiger partial charge in [0.25, 0.3) is 0 Å². The summed E-state index contributed by atoms with van der Waals surface area (Å²) in [5, 5.41) is 8.65. The molecule has 0 aliphatic heterocycles. The summed E-state index contributed by atoms with van der Waals surface area (Å²) < 4.78 is 33.3. The number of carbonyl (C=O) groups excluding carboxylic acids is 1. The molecule has 0 saturated carbocycles. The Balaban J connectivity index is 2.32. The maximum absolute atomic E-state index is 14.2. The number of nitriles is 1. The summed E-state index contributed by atoms with van der Waals surface area (Å²) in [5.74, 6) is -4.47. The number of carbonyl (C=O) groups is 1. The van der Waals surface area contributed by atoms with Crippen molar-refractivity contribution in [1.82, 2.24) is 0 Å². The van der Waals surface area contributed by atoms with E-state index in [0.717, 1.165) is 12.1 Å². The molecule has 3 nitrogen and oxygen atoms in total. The number of Topliss-reactive ketones (excluding diaryl/α,β-unsaturated/α-hetero) is 1. The number of rotatable bonds is 4. The second-order valence-corrected chi connectivity index (χ2v) is 4.32. The van der Waals surface area contributed by atoms with Gasteiger partial charge in [-0.25, -0.2) is 0 Å². The molecule has 0 radical (unpaired) electrons. The Morgan fingerprint density at radius 1 is 1.10 bits per heavy atom. The fourth-order valence-corrected chi connectivity index (χ4v) is 1.81. The highest BCUT2D eigenvalue weighted by Crippen LogP contribution is 2.32. The molecule has 0 spiro atoms. The lowest BCUT2D eigenvalue weighted by atomic mass is 9.98. The van der Waals surface area contributed by atoms with Crippen LogP contribution in [0.2, 0.25) is 0 Å². The van der Waals surface area contributed by atoms with Crippen molar-refractivity contribution in [3.05, 3.63) is 65.2 Å². The van der Waals surface area contributed by atoms with Crippen molar-refractivity contribution >= 4 is 5.78 Å². The number of hydrogen-bond donors (Lipinski definition) is 0. The Morgan fingerprint density at radius 3 is 2.14 bits per heavy atom. The minimum atomic E-state index is -3.65. The first-order valence-corrected chi connectivity index (χ1v) is 6.06. The van der Waals surface area contributed by atoms with Gasteiger partial charge in [0, 0.05) is 11.1 Å². The average Bonchev–Trinajstić information content (AvgIpc) is 2.54. The lowest BCUT2D eigenvalue weighted by Gasteiger charge is -2.15. The molecule has 0 unspecified atom stereocenters. The molecule has 0 N–H and O–H groups in total. The van der Waals surface area contributed by atoms with Crippen molar-refractivity contribution < 1.29 is 18.3 Å². The van der Waals surface area contributed by atoms with E-state index in [4.69, 9.17) is 10.00 Å². The van der Waals surface area contributed by atoms with Crippen LogP contribution in [-0.4, -0.2) is 12.9 Å². The number of ketones is 1. The van der Waals surface area contributed by atoms with E-state index in [1.54, 1.807) is 0 Å². The molecule has 5 heteroatoms. The molecule has 0 atom stereocenters. The zero-order valence-corrected chi connectivity index (χ0v) is 11.1. The Morgan fingerprint density at radius 2 is 1.67 bits per heavy atom. The fourth-order valence-electron chi connectivity index (χ4n) is 1.81. The molecule has 2 aromatic carbocycles. The van der Waals surface area contributed by atoms with Crippen LogP contribution in [0.3, 0.4) is 0 Å². The molecule has 21 heavy (non-hydrogen) atoms. The third-order valence-electron chi connectivity index (χ3n) is 3.01. The Bertz CT molecular complexity index is 686. The standard InChI is InChI=1S/C16H11F2NO2/c1-21-14-8-4-12(5-9-14)15(20)16(17,18)13-6-2-11(10-19)3-7-13/h2-9H,1H3. The molecule has 0 bridgehead atoms. The summed E-state index contributed by atoms with van der Waals surface area (Å²) in [6.45, 7) is 0. The maximum atomic E-state index is 14.2. The second kappa shape index (κ2) is 5.71. The molecular formula is C16H11F2NO2. The molecule has 0 amide bonds. The summed E-state index contributed by atoms with van der Waals surface area (Å²) >= 11 is 0. The van der Waals surface area contributed by atoms with Crippen LogP contribution in [0.5, 0.6) is 5.75 Å². The molecule has 0 heterocycles. The summed E-state index contributed by atoms with van der Waals surface area (Å²) in [5.41, 5.74) is -0.293. The predicted molar refractivity (Wildman–Crippen MR) is 72.4 cm³/mol. The van der Waals surface area contributed by atoms with E-state index in [9.17, 15) is 13.6 Å². The van der Waals surface area contributed by atoms with Gasteiger partial charge in [-0.15, -0.1) is 0 Å². The molecular weight excluding hydrogens is 276 g/mol. The van der Waals surface area contributed by atoms with E-state index in [0.29, 0.717) is 5.75 Å². The summed E-state index contributed by atoms with van der Waals surface area (Å²) in [6, 6.07) is 12.0. The lowest BCUT2D eigenvalue weighted by molar-refractivity contribution is 0.00742. The van der Waals surface area contributed by atoms with Gasteiger partial charge in [-0.1, -0.05) is 12.1 Å². The maximum Gasteiger partial charge on any atom is 0.334 e. The topological polar surface area (TPSA) is 50.1 Å². The average molecular weight is 287 g/mol. The second-order valence-electron chi connectivity index (χ2n) is 4.32. The number of hydrogen-bond acceptors (Lipinski definition) is 3. The number of nitrogens with zero attached hydrogens (tertiary/aromatic N) is 1. The molecule has 0 saturated heterocycles. The van der Waals surface area contributed by atoms with Crippen LogP contribution in [-0.2, 0) is 5.92 Å². The van der Waals surface area contributed by atoms with Gasteiger partial charge in [-0.3, -0.25) is 4.79 Å². The van der Waals surface area contributed by atoms with Crippen molar-refractivity contribution in [1.29, 1.82) is 5.26 Å². The molecule has 0 aliphatic rings. The number of ether oxygens (including phenoxy) is 1. The predicted octanol–water partition coefficient (Wildman–Crippen LogP) is 3.54. The first-order valence-electron chi connectivity index (χ1n) is 6.06. The SMILES string of the molecule is COc1ccc(C(=O)C(F)(F)c2ccc(C#N)cc2)cc1. The number of benzene rings is 2. The van der Waals surface area contributed by atoms with Crippen LogP contribution in [0, 0.1) is 11.3 Å². The van der Waals surface area contributed by atoms with Crippen molar-refractivity contribution in [2.75, 3.05) is 7.11 Å². The van der Waals surface area contributed by atoms with Gasteiger partial charge in [0.15, 0.2) is 0 Å². The molecule has 0 aliphatic carbocycles. The van der Waals surface area contributed by atoms with Crippen LogP contribution >= 0.6 is 0 Å². The van der Waals surface area contributed by atoms with Crippen molar-refractivity contribution in [2.45, 2.75) is 5.92 Å². The van der Waals surface area contributed by atoms with E-state index < -0.39 is 17.3 Å². The highest BCUT2D eigenvalue weighted by Gasteiger charge is 2.41. The van der Waals surface area contributed by atoms with Crippen LogP contribution in [0.1, 0.15) is 21.5 Å².